The summed E-state index contributed by atoms with van der Waals surface area (Å²) in [6, 6.07) is 3.95. The van der Waals surface area contributed by atoms with Crippen molar-refractivity contribution in [2.45, 2.75) is 95.2 Å². The van der Waals surface area contributed by atoms with Crippen LogP contribution in [0.25, 0.3) is 0 Å². The lowest BCUT2D eigenvalue weighted by Gasteiger charge is -2.35. The van der Waals surface area contributed by atoms with Gasteiger partial charge in [0.1, 0.15) is 5.69 Å². The number of rotatable bonds is 15. The van der Waals surface area contributed by atoms with E-state index in [4.69, 9.17) is 4.98 Å². The van der Waals surface area contributed by atoms with Gasteiger partial charge in [-0.3, -0.25) is 24.1 Å². The third-order valence-corrected chi connectivity index (χ3v) is 11.9. The Balaban J connectivity index is 1.42. The SMILES string of the molecule is CC(CC1(NC(=O)c2csc(C3(C[C@H](C(C)C)N(C)C(=O)CNC(=O)C(C)(C)N(C)C)CC3)n2)CC1c1cccs1)C(=O)O. The predicted octanol–water partition coefficient (Wildman–Crippen LogP) is 4.33. The number of hydrogen-bond acceptors (Lipinski definition) is 8. The fourth-order valence-corrected chi connectivity index (χ4v) is 7.91. The molecule has 2 aromatic heterocycles. The third-order valence-electron chi connectivity index (χ3n) is 9.79. The maximum atomic E-state index is 13.5. The summed E-state index contributed by atoms with van der Waals surface area (Å²) in [6.07, 6.45) is 3.66. The van der Waals surface area contributed by atoms with Crippen LogP contribution in [0.4, 0.5) is 0 Å². The lowest BCUT2D eigenvalue weighted by molar-refractivity contribution is -0.141. The lowest BCUT2D eigenvalue weighted by atomic mass is 9.89. The van der Waals surface area contributed by atoms with Crippen LogP contribution in [-0.4, -0.2) is 88.4 Å². The van der Waals surface area contributed by atoms with Crippen LogP contribution in [0.15, 0.2) is 22.9 Å². The van der Waals surface area contributed by atoms with Crippen LogP contribution in [0.5, 0.6) is 0 Å². The average Bonchev–Trinajstić information content (AvgIpc) is 3.69. The van der Waals surface area contributed by atoms with Gasteiger partial charge in [0.2, 0.25) is 11.8 Å². The molecule has 2 fully saturated rings. The van der Waals surface area contributed by atoms with E-state index >= 15 is 0 Å². The van der Waals surface area contributed by atoms with E-state index in [1.807, 2.05) is 50.4 Å². The number of thiazole rings is 1. The van der Waals surface area contributed by atoms with Crippen LogP contribution < -0.4 is 10.6 Å². The fourth-order valence-electron chi connectivity index (χ4n) is 5.89. The van der Waals surface area contributed by atoms with Gasteiger partial charge in [-0.25, -0.2) is 4.98 Å². The van der Waals surface area contributed by atoms with Crippen LogP contribution in [0.3, 0.4) is 0 Å². The van der Waals surface area contributed by atoms with Gasteiger partial charge in [-0.2, -0.15) is 0 Å². The second-order valence-electron chi connectivity index (χ2n) is 13.8. The summed E-state index contributed by atoms with van der Waals surface area (Å²) in [4.78, 5) is 60.6. The summed E-state index contributed by atoms with van der Waals surface area (Å²) in [5, 5.41) is 20.2. The number of likely N-dealkylation sites (N-methyl/N-ethyl adjacent to an activating group) is 2. The molecule has 2 aliphatic carbocycles. The van der Waals surface area contributed by atoms with Crippen molar-refractivity contribution >= 4 is 46.4 Å². The number of carbonyl (C=O) groups excluding carboxylic acids is 3. The van der Waals surface area contributed by atoms with Gasteiger partial charge in [0.25, 0.3) is 5.91 Å². The summed E-state index contributed by atoms with van der Waals surface area (Å²) >= 11 is 3.10. The number of nitrogens with zero attached hydrogens (tertiary/aromatic N) is 3. The molecule has 2 heterocycles. The molecule has 4 atom stereocenters. The van der Waals surface area contributed by atoms with Crippen molar-refractivity contribution in [1.29, 1.82) is 0 Å². The molecular formula is C32H47N5O5S2. The number of thiophene rings is 1. The highest BCUT2D eigenvalue weighted by Crippen LogP contribution is 2.57. The van der Waals surface area contributed by atoms with E-state index in [0.717, 1.165) is 29.1 Å². The van der Waals surface area contributed by atoms with Gasteiger partial charge in [0, 0.05) is 40.2 Å². The Morgan fingerprint density at radius 3 is 2.34 bits per heavy atom. The average molecular weight is 646 g/mol. The molecule has 0 aliphatic heterocycles. The van der Waals surface area contributed by atoms with Crippen molar-refractivity contribution in [1.82, 2.24) is 25.4 Å². The number of nitrogens with one attached hydrogen (secondary N) is 2. The van der Waals surface area contributed by atoms with E-state index < -0.39 is 23.0 Å². The van der Waals surface area contributed by atoms with Crippen LogP contribution in [0.1, 0.15) is 93.0 Å². The molecule has 12 heteroatoms. The van der Waals surface area contributed by atoms with E-state index in [1.54, 1.807) is 35.6 Å². The molecule has 2 saturated carbocycles. The van der Waals surface area contributed by atoms with E-state index in [2.05, 4.69) is 24.5 Å². The van der Waals surface area contributed by atoms with Crippen molar-refractivity contribution in [3.8, 4) is 0 Å². The zero-order valence-corrected chi connectivity index (χ0v) is 28.7. The minimum atomic E-state index is -0.870. The molecule has 2 aliphatic rings. The highest BCUT2D eigenvalue weighted by atomic mass is 32.1. The molecule has 242 valence electrons. The Morgan fingerprint density at radius 2 is 1.80 bits per heavy atom. The summed E-state index contributed by atoms with van der Waals surface area (Å²) < 4.78 is 0. The topological polar surface area (TPSA) is 132 Å². The predicted molar refractivity (Wildman–Crippen MR) is 173 cm³/mol. The number of carboxylic acids is 1. The second-order valence-corrected chi connectivity index (χ2v) is 15.6. The Kier molecular flexibility index (Phi) is 9.97. The van der Waals surface area contributed by atoms with Gasteiger partial charge in [-0.1, -0.05) is 26.8 Å². The number of carboxylic acid groups (broad SMARTS) is 1. The van der Waals surface area contributed by atoms with Crippen molar-refractivity contribution in [3.63, 3.8) is 0 Å². The Bertz CT molecular complexity index is 1370. The van der Waals surface area contributed by atoms with Gasteiger partial charge in [-0.15, -0.1) is 22.7 Å². The molecule has 44 heavy (non-hydrogen) atoms. The standard InChI is InChI=1S/C32H47N5O5S2/c1-19(2)23(37(8)25(38)17-33-28(42)30(4,5)36(6)7)16-31(11-12-31)29-34-22(18-44-29)26(39)35-32(14-20(3)27(40)41)15-21(32)24-10-9-13-43-24/h9-10,13,18-21,23H,11-12,14-17H2,1-8H3,(H,33,42)(H,35,39)(H,40,41)/t20?,21?,23-,32?/m1/s1. The van der Waals surface area contributed by atoms with Crippen molar-refractivity contribution < 1.29 is 24.3 Å². The molecule has 3 amide bonds. The summed E-state index contributed by atoms with van der Waals surface area (Å²) in [5.41, 5.74) is -1.17. The van der Waals surface area contributed by atoms with Crippen molar-refractivity contribution in [3.05, 3.63) is 38.5 Å². The first-order valence-corrected chi connectivity index (χ1v) is 17.0. The smallest absolute Gasteiger partial charge is 0.306 e. The minimum absolute atomic E-state index is 0.0660. The van der Waals surface area contributed by atoms with Crippen LogP contribution in [0.2, 0.25) is 0 Å². The van der Waals surface area contributed by atoms with Gasteiger partial charge in [0.15, 0.2) is 0 Å². The summed E-state index contributed by atoms with van der Waals surface area (Å²) in [7, 11) is 5.46. The fraction of sp³-hybridized carbons (Fsp3) is 0.656. The van der Waals surface area contributed by atoms with Crippen LogP contribution in [0, 0.1) is 11.8 Å². The Morgan fingerprint density at radius 1 is 1.11 bits per heavy atom. The molecule has 0 radical (unpaired) electrons. The normalized spacial score (nSPS) is 21.9. The zero-order chi connectivity index (χ0) is 32.6. The molecule has 0 aromatic carbocycles. The number of aliphatic carboxylic acids is 1. The van der Waals surface area contributed by atoms with Crippen LogP contribution >= 0.6 is 22.7 Å². The number of carbonyl (C=O) groups is 4. The molecule has 0 bridgehead atoms. The van der Waals surface area contributed by atoms with Crippen LogP contribution in [-0.2, 0) is 19.8 Å². The molecule has 0 spiro atoms. The van der Waals surface area contributed by atoms with Crippen molar-refractivity contribution in [2.75, 3.05) is 27.7 Å². The monoisotopic (exact) mass is 645 g/mol. The van der Waals surface area contributed by atoms with E-state index in [-0.39, 0.29) is 47.6 Å². The maximum Gasteiger partial charge on any atom is 0.306 e. The molecule has 0 saturated heterocycles. The van der Waals surface area contributed by atoms with Gasteiger partial charge >= 0.3 is 5.97 Å². The molecule has 10 nitrogen and oxygen atoms in total. The number of hydrogen-bond donors (Lipinski definition) is 3. The largest absolute Gasteiger partial charge is 0.481 e. The second kappa shape index (κ2) is 12.9. The van der Waals surface area contributed by atoms with E-state index in [0.29, 0.717) is 18.5 Å². The molecule has 4 rings (SSSR count). The van der Waals surface area contributed by atoms with Gasteiger partial charge in [0.05, 0.1) is 23.0 Å². The van der Waals surface area contributed by atoms with E-state index in [9.17, 15) is 24.3 Å². The Labute approximate surface area is 268 Å². The molecule has 3 unspecified atom stereocenters. The van der Waals surface area contributed by atoms with Crippen molar-refractivity contribution in [2.24, 2.45) is 11.8 Å². The first-order chi connectivity index (χ1) is 20.5. The number of aromatic nitrogens is 1. The van der Waals surface area contributed by atoms with Gasteiger partial charge < -0.3 is 20.6 Å². The lowest BCUT2D eigenvalue weighted by Crippen LogP contribution is -2.54. The zero-order valence-electron chi connectivity index (χ0n) is 27.1. The highest BCUT2D eigenvalue weighted by Gasteiger charge is 2.57. The molecule has 2 aromatic rings. The quantitative estimate of drug-likeness (QED) is 0.263. The summed E-state index contributed by atoms with van der Waals surface area (Å²) in [5.74, 6) is -1.80. The maximum absolute atomic E-state index is 13.5. The highest BCUT2D eigenvalue weighted by molar-refractivity contribution is 7.10. The van der Waals surface area contributed by atoms with Gasteiger partial charge in [-0.05, 0) is 77.4 Å². The Hall–Kier alpha value is -2.83. The number of amides is 3. The molecular weight excluding hydrogens is 599 g/mol. The third kappa shape index (κ3) is 7.18. The van der Waals surface area contributed by atoms with E-state index in [1.165, 1.54) is 11.3 Å². The minimum Gasteiger partial charge on any atom is -0.481 e. The first-order valence-electron chi connectivity index (χ1n) is 15.3. The molecule has 3 N–H and O–H groups in total. The first kappa shape index (κ1) is 34.1. The summed E-state index contributed by atoms with van der Waals surface area (Å²) in [6.45, 7) is 9.43.